The standard InChI is InChI=1S/C7H13BINO2/c1-6(2)7(3,4)12-8(11-6)5(9)10/h10H,1-4H3. The Kier molecular flexibility index (Phi) is 2.58. The lowest BCUT2D eigenvalue weighted by molar-refractivity contribution is 0.00578. The van der Waals surface area contributed by atoms with Crippen molar-refractivity contribution in [3.63, 3.8) is 0 Å². The van der Waals surface area contributed by atoms with Gasteiger partial charge in [-0.2, -0.15) is 0 Å². The Labute approximate surface area is 87.0 Å². The van der Waals surface area contributed by atoms with Gasteiger partial charge in [0, 0.05) is 0 Å². The summed E-state index contributed by atoms with van der Waals surface area (Å²) in [6.07, 6.45) is 0. The molecule has 0 aromatic rings. The third-order valence-electron chi connectivity index (χ3n) is 2.46. The third kappa shape index (κ3) is 1.67. The molecule has 1 fully saturated rings. The number of nitrogens with one attached hydrogen (secondary N) is 1. The Morgan fingerprint density at radius 2 is 1.50 bits per heavy atom. The highest BCUT2D eigenvalue weighted by atomic mass is 127. The second-order valence-corrected chi connectivity index (χ2v) is 5.10. The van der Waals surface area contributed by atoms with Crippen molar-refractivity contribution in [2.45, 2.75) is 38.9 Å². The van der Waals surface area contributed by atoms with Gasteiger partial charge in [0.15, 0.2) is 0 Å². The fourth-order valence-electron chi connectivity index (χ4n) is 0.947. The first kappa shape index (κ1) is 10.5. The highest BCUT2D eigenvalue weighted by molar-refractivity contribution is 14.1. The molecule has 0 aliphatic carbocycles. The molecule has 0 atom stereocenters. The van der Waals surface area contributed by atoms with E-state index in [1.54, 1.807) is 0 Å². The molecule has 1 N–H and O–H groups in total. The van der Waals surface area contributed by atoms with Gasteiger partial charge in [-0.15, -0.1) is 0 Å². The van der Waals surface area contributed by atoms with Crippen LogP contribution in [-0.4, -0.2) is 21.9 Å². The Morgan fingerprint density at radius 3 is 1.67 bits per heavy atom. The van der Waals surface area contributed by atoms with Crippen molar-refractivity contribution in [3.8, 4) is 0 Å². The highest BCUT2D eigenvalue weighted by Crippen LogP contribution is 2.37. The zero-order valence-corrected chi connectivity index (χ0v) is 9.93. The summed E-state index contributed by atoms with van der Waals surface area (Å²) in [5.41, 5.74) is -0.649. The fraction of sp³-hybridized carbons (Fsp3) is 0.857. The van der Waals surface area contributed by atoms with Crippen LogP contribution in [0.5, 0.6) is 0 Å². The lowest BCUT2D eigenvalue weighted by Gasteiger charge is -2.32. The number of hydrogen-bond donors (Lipinski definition) is 1. The molecule has 0 bridgehead atoms. The molecule has 1 aliphatic heterocycles. The Hall–Kier alpha value is 0.385. The molecular formula is C7H13BINO2. The van der Waals surface area contributed by atoms with E-state index in [9.17, 15) is 0 Å². The maximum atomic E-state index is 7.38. The largest absolute Gasteiger partial charge is 0.520 e. The van der Waals surface area contributed by atoms with Gasteiger partial charge >= 0.3 is 7.12 Å². The molecule has 12 heavy (non-hydrogen) atoms. The van der Waals surface area contributed by atoms with Crippen LogP contribution in [0.1, 0.15) is 27.7 Å². The van der Waals surface area contributed by atoms with E-state index in [0.29, 0.717) is 3.62 Å². The van der Waals surface area contributed by atoms with Crippen molar-refractivity contribution in [3.05, 3.63) is 0 Å². The monoisotopic (exact) mass is 281 g/mol. The van der Waals surface area contributed by atoms with Crippen molar-refractivity contribution in [1.82, 2.24) is 0 Å². The van der Waals surface area contributed by atoms with Gasteiger partial charge in [-0.25, -0.2) is 0 Å². The van der Waals surface area contributed by atoms with E-state index in [4.69, 9.17) is 14.7 Å². The predicted molar refractivity (Wildman–Crippen MR) is 57.8 cm³/mol. The first-order chi connectivity index (χ1) is 5.26. The SMILES string of the molecule is CC1(C)OB(C(=N)I)OC1(C)C. The van der Waals surface area contributed by atoms with Crippen molar-refractivity contribution < 1.29 is 9.31 Å². The number of hydrogen-bond acceptors (Lipinski definition) is 3. The van der Waals surface area contributed by atoms with Crippen LogP contribution in [0, 0.1) is 5.41 Å². The highest BCUT2D eigenvalue weighted by Gasteiger charge is 2.52. The van der Waals surface area contributed by atoms with E-state index in [-0.39, 0.29) is 11.2 Å². The smallest absolute Gasteiger partial charge is 0.398 e. The summed E-state index contributed by atoms with van der Waals surface area (Å²) >= 11 is 1.91. The molecule has 68 valence electrons. The second kappa shape index (κ2) is 2.95. The maximum absolute atomic E-state index is 7.38. The fourth-order valence-corrected chi connectivity index (χ4v) is 1.20. The first-order valence-corrected chi connectivity index (χ1v) is 4.94. The number of halogens is 1. The van der Waals surface area contributed by atoms with Crippen LogP contribution in [0.25, 0.3) is 0 Å². The molecule has 1 saturated heterocycles. The van der Waals surface area contributed by atoms with Gasteiger partial charge in [-0.05, 0) is 50.3 Å². The normalized spacial score (nSPS) is 25.9. The van der Waals surface area contributed by atoms with Crippen LogP contribution in [0.4, 0.5) is 0 Å². The summed E-state index contributed by atoms with van der Waals surface area (Å²) in [5.74, 6) is 0. The third-order valence-corrected chi connectivity index (χ3v) is 2.97. The van der Waals surface area contributed by atoms with Crippen molar-refractivity contribution in [2.24, 2.45) is 0 Å². The van der Waals surface area contributed by atoms with Crippen LogP contribution in [-0.2, 0) is 9.31 Å². The van der Waals surface area contributed by atoms with Gasteiger partial charge in [-0.1, -0.05) is 0 Å². The van der Waals surface area contributed by atoms with E-state index in [1.165, 1.54) is 0 Å². The molecule has 0 spiro atoms. The Balaban J connectivity index is 2.81. The van der Waals surface area contributed by atoms with E-state index in [1.807, 2.05) is 50.3 Å². The van der Waals surface area contributed by atoms with E-state index < -0.39 is 7.12 Å². The van der Waals surface area contributed by atoms with Crippen LogP contribution in [0.2, 0.25) is 0 Å². The van der Waals surface area contributed by atoms with Crippen molar-refractivity contribution in [1.29, 1.82) is 5.41 Å². The molecule has 1 aliphatic rings. The molecule has 0 radical (unpaired) electrons. The minimum absolute atomic E-state index is 0.324. The summed E-state index contributed by atoms with van der Waals surface area (Å²) in [6.45, 7) is 7.92. The predicted octanol–water partition coefficient (Wildman–Crippen LogP) is 2.03. The lowest BCUT2D eigenvalue weighted by Crippen LogP contribution is -2.41. The Morgan fingerprint density at radius 1 is 1.17 bits per heavy atom. The quantitative estimate of drug-likeness (QED) is 0.454. The van der Waals surface area contributed by atoms with Crippen molar-refractivity contribution >= 4 is 33.3 Å². The average molecular weight is 281 g/mol. The average Bonchev–Trinajstić information content (AvgIpc) is 2.03. The molecule has 0 amide bonds. The van der Waals surface area contributed by atoms with Gasteiger partial charge < -0.3 is 14.7 Å². The molecule has 0 unspecified atom stereocenters. The van der Waals surface area contributed by atoms with E-state index in [0.717, 1.165) is 0 Å². The van der Waals surface area contributed by atoms with Crippen LogP contribution < -0.4 is 0 Å². The summed E-state index contributed by atoms with van der Waals surface area (Å²) < 4.78 is 11.5. The zero-order valence-electron chi connectivity index (χ0n) is 7.77. The summed E-state index contributed by atoms with van der Waals surface area (Å²) in [4.78, 5) is 0. The van der Waals surface area contributed by atoms with Crippen LogP contribution in [0.15, 0.2) is 0 Å². The van der Waals surface area contributed by atoms with Crippen molar-refractivity contribution in [2.75, 3.05) is 0 Å². The Bertz CT molecular complexity index is 201. The van der Waals surface area contributed by atoms with Gasteiger partial charge in [-0.3, -0.25) is 0 Å². The molecule has 1 rings (SSSR count). The molecule has 1 heterocycles. The topological polar surface area (TPSA) is 42.3 Å². The van der Waals surface area contributed by atoms with Crippen LogP contribution >= 0.6 is 22.6 Å². The maximum Gasteiger partial charge on any atom is 0.520 e. The molecular weight excluding hydrogens is 268 g/mol. The summed E-state index contributed by atoms with van der Waals surface area (Å²) in [7, 11) is -0.476. The second-order valence-electron chi connectivity index (χ2n) is 3.94. The summed E-state index contributed by atoms with van der Waals surface area (Å²) in [5, 5.41) is 7.38. The van der Waals surface area contributed by atoms with Gasteiger partial charge in [0.25, 0.3) is 0 Å². The van der Waals surface area contributed by atoms with E-state index >= 15 is 0 Å². The molecule has 0 aromatic carbocycles. The molecule has 0 aromatic heterocycles. The molecule has 5 heteroatoms. The lowest BCUT2D eigenvalue weighted by atomic mass is 9.90. The molecule has 3 nitrogen and oxygen atoms in total. The van der Waals surface area contributed by atoms with Gasteiger partial charge in [0.05, 0.1) is 11.2 Å². The summed E-state index contributed by atoms with van der Waals surface area (Å²) in [6, 6.07) is 0. The zero-order chi connectivity index (χ0) is 9.57. The minimum atomic E-state index is -0.476. The van der Waals surface area contributed by atoms with E-state index in [2.05, 4.69) is 0 Å². The first-order valence-electron chi connectivity index (χ1n) is 3.86. The van der Waals surface area contributed by atoms with Crippen LogP contribution in [0.3, 0.4) is 0 Å². The van der Waals surface area contributed by atoms with Gasteiger partial charge in [0.1, 0.15) is 3.62 Å². The van der Waals surface area contributed by atoms with Gasteiger partial charge in [0.2, 0.25) is 0 Å². The minimum Gasteiger partial charge on any atom is -0.398 e. The molecule has 0 saturated carbocycles. The number of rotatable bonds is 1.